The first-order chi connectivity index (χ1) is 21.8. The summed E-state index contributed by atoms with van der Waals surface area (Å²) in [5.41, 5.74) is 1.88. The van der Waals surface area contributed by atoms with Crippen molar-refractivity contribution in [1.29, 1.82) is 0 Å². The van der Waals surface area contributed by atoms with Gasteiger partial charge in [0.05, 0.1) is 28.8 Å². The number of alkyl halides is 1. The van der Waals surface area contributed by atoms with E-state index in [9.17, 15) is 23.9 Å². The first-order valence-corrected chi connectivity index (χ1v) is 17.6. The van der Waals surface area contributed by atoms with Crippen molar-refractivity contribution >= 4 is 29.1 Å². The molecule has 46 heavy (non-hydrogen) atoms. The normalized spacial score (nSPS) is 19.5. The average Bonchev–Trinajstić information content (AvgIpc) is 3.42. The minimum atomic E-state index is -1.94. The number of β-amino-alcohol motifs (C(OH)–C–C–N with tert-alkyl or cyclic N) is 1. The Morgan fingerprint density at radius 2 is 1.85 bits per heavy atom. The number of unbranched alkanes of at least 4 members (excludes halogenated alkanes) is 6. The van der Waals surface area contributed by atoms with Crippen molar-refractivity contribution in [1.82, 2.24) is 20.5 Å². The molecule has 2 aromatic rings. The van der Waals surface area contributed by atoms with Crippen molar-refractivity contribution in [3.05, 3.63) is 35.0 Å². The Morgan fingerprint density at radius 1 is 1.15 bits per heavy atom. The van der Waals surface area contributed by atoms with Gasteiger partial charge in [0.15, 0.2) is 5.67 Å². The molecule has 0 radical (unpaired) electrons. The monoisotopic (exact) mass is 658 g/mol. The topological polar surface area (TPSA) is 121 Å². The number of aromatic nitrogens is 1. The maximum Gasteiger partial charge on any atom is 0.258 e. The van der Waals surface area contributed by atoms with Gasteiger partial charge in [-0.05, 0) is 43.2 Å². The van der Waals surface area contributed by atoms with E-state index in [2.05, 4.69) is 22.5 Å². The molecule has 1 aliphatic carbocycles. The van der Waals surface area contributed by atoms with Gasteiger partial charge in [-0.25, -0.2) is 9.37 Å². The SMILES string of the molecule is CCCCCCCCCOc1cc(-c2scnc2C)ccc1CNC(=O)[C@@H]1C[C@@H](O)CN1C(=O)C(NC(=O)C1(F)CC1)C(C)(C)C. The first kappa shape index (κ1) is 35.8. The average molecular weight is 659 g/mol. The largest absolute Gasteiger partial charge is 0.493 e. The number of thiazole rings is 1. The van der Waals surface area contributed by atoms with Gasteiger partial charge in [-0.3, -0.25) is 14.4 Å². The van der Waals surface area contributed by atoms with Crippen LogP contribution >= 0.6 is 11.3 Å². The van der Waals surface area contributed by atoms with Crippen LogP contribution in [-0.2, 0) is 20.9 Å². The van der Waals surface area contributed by atoms with Crippen LogP contribution in [0, 0.1) is 12.3 Å². The number of hydrogen-bond acceptors (Lipinski definition) is 7. The van der Waals surface area contributed by atoms with E-state index in [1.807, 2.05) is 30.6 Å². The summed E-state index contributed by atoms with van der Waals surface area (Å²) in [5.74, 6) is -1.03. The van der Waals surface area contributed by atoms with E-state index in [1.165, 1.54) is 37.0 Å². The number of aliphatic hydroxyl groups excluding tert-OH is 1. The third-order valence-electron chi connectivity index (χ3n) is 8.88. The molecule has 2 aliphatic rings. The lowest BCUT2D eigenvalue weighted by Gasteiger charge is -2.35. The molecule has 0 bridgehead atoms. The van der Waals surface area contributed by atoms with Crippen molar-refractivity contribution < 1.29 is 28.6 Å². The number of nitrogens with zero attached hydrogens (tertiary/aromatic N) is 2. The molecule has 2 heterocycles. The van der Waals surface area contributed by atoms with E-state index in [1.54, 1.807) is 32.1 Å². The van der Waals surface area contributed by atoms with Crippen molar-refractivity contribution in [2.45, 2.75) is 129 Å². The number of carbonyl (C=O) groups excluding carboxylic acids is 3. The van der Waals surface area contributed by atoms with Gasteiger partial charge < -0.3 is 25.4 Å². The van der Waals surface area contributed by atoms with E-state index >= 15 is 0 Å². The molecule has 1 aromatic carbocycles. The lowest BCUT2D eigenvalue weighted by atomic mass is 9.85. The van der Waals surface area contributed by atoms with Crippen LogP contribution in [0.1, 0.15) is 103 Å². The summed E-state index contributed by atoms with van der Waals surface area (Å²) < 4.78 is 20.8. The molecule has 1 aliphatic heterocycles. The fraction of sp³-hybridized carbons (Fsp3) is 0.657. The molecule has 3 N–H and O–H groups in total. The van der Waals surface area contributed by atoms with Crippen LogP contribution in [0.3, 0.4) is 0 Å². The van der Waals surface area contributed by atoms with Gasteiger partial charge >= 0.3 is 0 Å². The third kappa shape index (κ3) is 9.27. The van der Waals surface area contributed by atoms with E-state index in [-0.39, 0.29) is 32.4 Å². The molecular weight excluding hydrogens is 607 g/mol. The van der Waals surface area contributed by atoms with Crippen molar-refractivity contribution in [3.63, 3.8) is 0 Å². The van der Waals surface area contributed by atoms with Crippen molar-refractivity contribution in [2.75, 3.05) is 13.2 Å². The van der Waals surface area contributed by atoms with E-state index in [4.69, 9.17) is 4.74 Å². The van der Waals surface area contributed by atoms with E-state index < -0.39 is 47.0 Å². The molecule has 1 saturated carbocycles. The van der Waals surface area contributed by atoms with Gasteiger partial charge in [0.1, 0.15) is 17.8 Å². The molecule has 1 unspecified atom stereocenters. The van der Waals surface area contributed by atoms with Crippen LogP contribution in [0.2, 0.25) is 0 Å². The second-order valence-electron chi connectivity index (χ2n) is 13.9. The number of halogens is 1. The summed E-state index contributed by atoms with van der Waals surface area (Å²) in [5, 5.41) is 16.1. The highest BCUT2D eigenvalue weighted by Gasteiger charge is 2.53. The van der Waals surface area contributed by atoms with Gasteiger partial charge in [0, 0.05) is 25.1 Å². The number of aryl methyl sites for hydroxylation is 1. The second-order valence-corrected chi connectivity index (χ2v) is 14.8. The fourth-order valence-corrected chi connectivity index (χ4v) is 6.62. The second kappa shape index (κ2) is 15.7. The maximum absolute atomic E-state index is 14.5. The number of likely N-dealkylation sites (tertiary alicyclic amines) is 1. The number of nitrogens with one attached hydrogen (secondary N) is 2. The van der Waals surface area contributed by atoms with Gasteiger partial charge in [0.2, 0.25) is 11.8 Å². The lowest BCUT2D eigenvalue weighted by molar-refractivity contribution is -0.145. The molecule has 1 aromatic heterocycles. The molecule has 0 spiro atoms. The molecule has 3 atom stereocenters. The van der Waals surface area contributed by atoms with E-state index in [0.717, 1.165) is 34.5 Å². The minimum absolute atomic E-state index is 0.0458. The van der Waals surface area contributed by atoms with Gasteiger partial charge in [-0.2, -0.15) is 0 Å². The number of hydrogen-bond donors (Lipinski definition) is 3. The molecule has 4 rings (SSSR count). The van der Waals surface area contributed by atoms with Crippen LogP contribution in [0.4, 0.5) is 4.39 Å². The zero-order valence-corrected chi connectivity index (χ0v) is 28.8. The Bertz CT molecular complexity index is 1350. The number of benzene rings is 1. The third-order valence-corrected chi connectivity index (χ3v) is 9.86. The van der Waals surface area contributed by atoms with Crippen molar-refractivity contribution in [3.8, 4) is 16.2 Å². The quantitative estimate of drug-likeness (QED) is 0.195. The van der Waals surface area contributed by atoms with Gasteiger partial charge in [-0.15, -0.1) is 11.3 Å². The zero-order valence-electron chi connectivity index (χ0n) is 28.0. The standard InChI is InChI=1S/C35H51FN4O5S/c1-6-7-8-9-10-11-12-17-45-28-18-24(29-23(2)38-22-46-29)13-14-25(28)20-37-31(42)27-19-26(41)21-40(27)32(43)30(34(3,4)5)39-33(44)35(36)15-16-35/h13-14,18,22,26-27,30,41H,6-12,15-17,19-21H2,1-5H3,(H,37,42)(H,39,44)/t26-,27+,30?/m1/s1. The van der Waals surface area contributed by atoms with Crippen LogP contribution < -0.4 is 15.4 Å². The van der Waals surface area contributed by atoms with Crippen LogP contribution in [-0.4, -0.2) is 69.7 Å². The van der Waals surface area contributed by atoms with Gasteiger partial charge in [0.25, 0.3) is 5.91 Å². The fourth-order valence-electron chi connectivity index (χ4n) is 5.81. The Morgan fingerprint density at radius 3 is 2.48 bits per heavy atom. The first-order valence-electron chi connectivity index (χ1n) is 16.8. The number of carbonyl (C=O) groups is 3. The maximum atomic E-state index is 14.5. The Kier molecular flexibility index (Phi) is 12.2. The highest BCUT2D eigenvalue weighted by molar-refractivity contribution is 7.13. The van der Waals surface area contributed by atoms with Gasteiger partial charge in [-0.1, -0.05) is 78.4 Å². The minimum Gasteiger partial charge on any atom is -0.493 e. The molecule has 2 fully saturated rings. The molecular formula is C35H51FN4O5S. The summed E-state index contributed by atoms with van der Waals surface area (Å²) >= 11 is 1.56. The predicted molar refractivity (Wildman–Crippen MR) is 178 cm³/mol. The number of rotatable bonds is 16. The molecule has 9 nitrogen and oxygen atoms in total. The van der Waals surface area contributed by atoms with Crippen LogP contribution in [0.25, 0.3) is 10.4 Å². The van der Waals surface area contributed by atoms with Crippen LogP contribution in [0.5, 0.6) is 5.75 Å². The summed E-state index contributed by atoms with van der Waals surface area (Å²) in [7, 11) is 0. The molecule has 11 heteroatoms. The van der Waals surface area contributed by atoms with Crippen LogP contribution in [0.15, 0.2) is 23.7 Å². The number of amides is 3. The zero-order chi connectivity index (χ0) is 33.5. The summed E-state index contributed by atoms with van der Waals surface area (Å²) in [6.07, 6.45) is 7.66. The highest BCUT2D eigenvalue weighted by atomic mass is 32.1. The lowest BCUT2D eigenvalue weighted by Crippen LogP contribution is -2.59. The number of ether oxygens (including phenoxy) is 1. The summed E-state index contributed by atoms with van der Waals surface area (Å²) in [6.45, 7) is 10.2. The highest BCUT2D eigenvalue weighted by Crippen LogP contribution is 2.40. The predicted octanol–water partition coefficient (Wildman–Crippen LogP) is 5.86. The van der Waals surface area contributed by atoms with Crippen molar-refractivity contribution in [2.24, 2.45) is 5.41 Å². The smallest absolute Gasteiger partial charge is 0.258 e. The summed E-state index contributed by atoms with van der Waals surface area (Å²) in [4.78, 5) is 46.6. The molecule has 3 amide bonds. The Balaban J connectivity index is 1.43. The molecule has 254 valence electrons. The summed E-state index contributed by atoms with van der Waals surface area (Å²) in [6, 6.07) is 3.94. The Hall–Kier alpha value is -3.05. The number of aliphatic hydroxyl groups is 1. The Labute approximate surface area is 276 Å². The van der Waals surface area contributed by atoms with E-state index in [0.29, 0.717) is 12.4 Å². The molecule has 1 saturated heterocycles.